The van der Waals surface area contributed by atoms with E-state index in [0.717, 1.165) is 83.5 Å². The third kappa shape index (κ3) is 44.9. The van der Waals surface area contributed by atoms with E-state index in [1.165, 1.54) is 83.5 Å². The molecule has 1 amide bonds. The van der Waals surface area contributed by atoms with Gasteiger partial charge < -0.3 is 20.3 Å². The van der Waals surface area contributed by atoms with Crippen LogP contribution in [0.25, 0.3) is 0 Å². The average molecular weight is 874 g/mol. The van der Waals surface area contributed by atoms with Gasteiger partial charge in [0.15, 0.2) is 0 Å². The van der Waals surface area contributed by atoms with E-state index in [1.807, 2.05) is 60.8 Å². The molecule has 0 aliphatic heterocycles. The highest BCUT2D eigenvalue weighted by molar-refractivity contribution is 5.77. The summed E-state index contributed by atoms with van der Waals surface area (Å²) in [5.74, 6) is -0.580. The van der Waals surface area contributed by atoms with E-state index < -0.39 is 18.2 Å². The Balaban J connectivity index is 4.65. The second kappa shape index (κ2) is 49.5. The molecule has 0 bridgehead atoms. The Hall–Kier alpha value is -3.48. The van der Waals surface area contributed by atoms with Crippen molar-refractivity contribution < 1.29 is 24.5 Å². The van der Waals surface area contributed by atoms with Crippen LogP contribution in [0.1, 0.15) is 213 Å². The Morgan fingerprint density at radius 2 is 0.905 bits per heavy atom. The van der Waals surface area contributed by atoms with Gasteiger partial charge in [-0.3, -0.25) is 9.59 Å². The fourth-order valence-electron chi connectivity index (χ4n) is 7.18. The fraction of sp³-hybridized carbons (Fsp3) is 0.649. The van der Waals surface area contributed by atoms with Crippen LogP contribution in [0.3, 0.4) is 0 Å². The van der Waals surface area contributed by atoms with Crippen molar-refractivity contribution in [3.63, 3.8) is 0 Å². The largest absolute Gasteiger partial charge is 0.462 e. The Morgan fingerprint density at radius 3 is 1.40 bits per heavy atom. The standard InChI is InChI=1S/C57H95NO5/c1-4-7-10-13-16-19-22-24-26-27-28-30-32-35-38-41-44-47-50-57(62)63-53(48-45-42-39-36-33-21-18-15-12-9-6-3)51-56(61)58-54(52-59)55(60)49-46-43-40-37-34-31-29-25-23-20-17-14-11-8-5-2/h9-10,12-13,15-16,18-19,21-22,24,26-28,30,33,36,39,53-55,59-60H,4-8,11,14,17,20,23,25,29,31-32,34-35,37-38,40-52H2,1-3H3,(H,58,61)/b12-9+,13-10+,18-15+,19-16+,24-22+,27-26+,30-28+,33-21-,39-36-. The minimum Gasteiger partial charge on any atom is -0.462 e. The third-order valence-corrected chi connectivity index (χ3v) is 11.0. The normalized spacial score (nSPS) is 14.2. The van der Waals surface area contributed by atoms with E-state index in [0.29, 0.717) is 19.3 Å². The Labute approximate surface area is 388 Å². The smallest absolute Gasteiger partial charge is 0.306 e. The number of nitrogens with one attached hydrogen (secondary N) is 1. The zero-order valence-corrected chi connectivity index (χ0v) is 40.7. The SMILES string of the molecule is CC/C=C/C=C/C=C\C=C/CCCC(CC(=O)NC(CO)C(O)CCCCCCCCCCCCCCCCC)OC(=O)CCCCCCC/C=C/C=C/C=C/C=C/C=C/CCC. The number of aliphatic hydroxyl groups excluding tert-OH is 2. The van der Waals surface area contributed by atoms with E-state index in [-0.39, 0.29) is 24.9 Å². The van der Waals surface area contributed by atoms with Crippen LogP contribution in [0.15, 0.2) is 109 Å². The van der Waals surface area contributed by atoms with Crippen LogP contribution in [0.4, 0.5) is 0 Å². The van der Waals surface area contributed by atoms with E-state index in [4.69, 9.17) is 4.74 Å². The van der Waals surface area contributed by atoms with Crippen LogP contribution in [0, 0.1) is 0 Å². The minimum absolute atomic E-state index is 0.0143. The Kier molecular flexibility index (Phi) is 46.8. The molecule has 0 aromatic carbocycles. The Bertz CT molecular complexity index is 1300. The summed E-state index contributed by atoms with van der Waals surface area (Å²) in [6.45, 7) is 6.22. The van der Waals surface area contributed by atoms with Gasteiger partial charge in [0.05, 0.1) is 25.2 Å². The van der Waals surface area contributed by atoms with Gasteiger partial charge in [-0.2, -0.15) is 0 Å². The number of allylic oxidation sites excluding steroid dienone is 18. The molecule has 3 unspecified atom stereocenters. The number of carbonyl (C=O) groups excluding carboxylic acids is 2. The predicted octanol–water partition coefficient (Wildman–Crippen LogP) is 15.5. The summed E-state index contributed by atoms with van der Waals surface area (Å²) >= 11 is 0. The first-order valence-corrected chi connectivity index (χ1v) is 25.7. The van der Waals surface area contributed by atoms with Crippen molar-refractivity contribution in [2.75, 3.05) is 6.61 Å². The number of amides is 1. The number of aliphatic hydroxyl groups is 2. The molecule has 0 heterocycles. The molecule has 6 nitrogen and oxygen atoms in total. The zero-order chi connectivity index (χ0) is 45.9. The molecule has 6 heteroatoms. The summed E-state index contributed by atoms with van der Waals surface area (Å²) < 4.78 is 5.88. The summed E-state index contributed by atoms with van der Waals surface area (Å²) in [7, 11) is 0. The number of hydrogen-bond donors (Lipinski definition) is 3. The van der Waals surface area contributed by atoms with Crippen molar-refractivity contribution in [1.82, 2.24) is 5.32 Å². The maximum atomic E-state index is 13.2. The summed E-state index contributed by atoms with van der Waals surface area (Å²) in [4.78, 5) is 26.1. The molecule has 358 valence electrons. The topological polar surface area (TPSA) is 95.9 Å². The lowest BCUT2D eigenvalue weighted by molar-refractivity contribution is -0.151. The molecular formula is C57H95NO5. The van der Waals surface area contributed by atoms with Crippen LogP contribution in [-0.4, -0.2) is 46.9 Å². The van der Waals surface area contributed by atoms with Crippen molar-refractivity contribution in [2.24, 2.45) is 0 Å². The molecule has 0 aliphatic carbocycles. The minimum atomic E-state index is -0.816. The molecule has 3 N–H and O–H groups in total. The van der Waals surface area contributed by atoms with Crippen LogP contribution < -0.4 is 5.32 Å². The van der Waals surface area contributed by atoms with Gasteiger partial charge in [0.1, 0.15) is 6.10 Å². The summed E-state index contributed by atoms with van der Waals surface area (Å²) in [6.07, 6.45) is 67.2. The molecule has 0 rings (SSSR count). The van der Waals surface area contributed by atoms with E-state index >= 15 is 0 Å². The molecule has 3 atom stereocenters. The first-order chi connectivity index (χ1) is 31.0. The second-order valence-corrected chi connectivity index (χ2v) is 17.0. The molecule has 0 radical (unpaired) electrons. The van der Waals surface area contributed by atoms with Crippen LogP contribution >= 0.6 is 0 Å². The number of hydrogen-bond acceptors (Lipinski definition) is 5. The molecule has 0 aromatic rings. The molecule has 0 spiro atoms. The van der Waals surface area contributed by atoms with Gasteiger partial charge in [0, 0.05) is 6.42 Å². The number of esters is 1. The van der Waals surface area contributed by atoms with Gasteiger partial charge >= 0.3 is 5.97 Å². The number of unbranched alkanes of at least 4 members (excludes halogenated alkanes) is 21. The number of rotatable bonds is 44. The maximum absolute atomic E-state index is 13.2. The van der Waals surface area contributed by atoms with Gasteiger partial charge in [-0.1, -0.05) is 252 Å². The first-order valence-electron chi connectivity index (χ1n) is 25.7. The van der Waals surface area contributed by atoms with Crippen molar-refractivity contribution in [1.29, 1.82) is 0 Å². The van der Waals surface area contributed by atoms with E-state index in [2.05, 4.69) is 74.7 Å². The molecule has 0 saturated heterocycles. The zero-order valence-electron chi connectivity index (χ0n) is 40.7. The molecular weight excluding hydrogens is 779 g/mol. The maximum Gasteiger partial charge on any atom is 0.306 e. The number of carbonyl (C=O) groups is 2. The molecule has 0 fully saturated rings. The summed E-state index contributed by atoms with van der Waals surface area (Å²) in [6, 6.07) is -0.735. The second-order valence-electron chi connectivity index (χ2n) is 17.0. The van der Waals surface area contributed by atoms with Gasteiger partial charge in [0.2, 0.25) is 5.91 Å². The van der Waals surface area contributed by atoms with Crippen LogP contribution in [-0.2, 0) is 14.3 Å². The molecule has 0 aromatic heterocycles. The van der Waals surface area contributed by atoms with Crippen molar-refractivity contribution in [3.05, 3.63) is 109 Å². The highest BCUT2D eigenvalue weighted by atomic mass is 16.5. The number of ether oxygens (including phenoxy) is 1. The van der Waals surface area contributed by atoms with Crippen LogP contribution in [0.5, 0.6) is 0 Å². The lowest BCUT2D eigenvalue weighted by atomic mass is 10.0. The molecule has 63 heavy (non-hydrogen) atoms. The Morgan fingerprint density at radius 1 is 0.476 bits per heavy atom. The highest BCUT2D eigenvalue weighted by Crippen LogP contribution is 2.17. The monoisotopic (exact) mass is 874 g/mol. The van der Waals surface area contributed by atoms with Gasteiger partial charge in [-0.25, -0.2) is 0 Å². The average Bonchev–Trinajstić information content (AvgIpc) is 3.28. The lowest BCUT2D eigenvalue weighted by Gasteiger charge is -2.24. The van der Waals surface area contributed by atoms with Crippen LogP contribution in [0.2, 0.25) is 0 Å². The summed E-state index contributed by atoms with van der Waals surface area (Å²) in [5, 5.41) is 23.7. The van der Waals surface area contributed by atoms with E-state index in [9.17, 15) is 19.8 Å². The third-order valence-electron chi connectivity index (χ3n) is 11.0. The predicted molar refractivity (Wildman–Crippen MR) is 273 cm³/mol. The van der Waals surface area contributed by atoms with Gasteiger partial charge in [-0.05, 0) is 57.8 Å². The van der Waals surface area contributed by atoms with Gasteiger partial charge in [0.25, 0.3) is 0 Å². The highest BCUT2D eigenvalue weighted by Gasteiger charge is 2.24. The molecule has 0 aliphatic rings. The van der Waals surface area contributed by atoms with Crippen molar-refractivity contribution >= 4 is 11.9 Å². The fourth-order valence-corrected chi connectivity index (χ4v) is 7.18. The lowest BCUT2D eigenvalue weighted by Crippen LogP contribution is -2.46. The van der Waals surface area contributed by atoms with Gasteiger partial charge in [-0.15, -0.1) is 0 Å². The van der Waals surface area contributed by atoms with Crippen molar-refractivity contribution in [2.45, 2.75) is 232 Å². The van der Waals surface area contributed by atoms with Crippen molar-refractivity contribution in [3.8, 4) is 0 Å². The molecule has 0 saturated carbocycles. The summed E-state index contributed by atoms with van der Waals surface area (Å²) in [5.41, 5.74) is 0. The first kappa shape index (κ1) is 59.5. The van der Waals surface area contributed by atoms with E-state index in [1.54, 1.807) is 0 Å². The quantitative estimate of drug-likeness (QED) is 0.0322.